The molecule has 0 radical (unpaired) electrons. The van der Waals surface area contributed by atoms with Crippen LogP contribution in [0.1, 0.15) is 62.9 Å². The maximum absolute atomic E-state index is 13.1. The van der Waals surface area contributed by atoms with Crippen LogP contribution in [0.2, 0.25) is 0 Å². The molecular formula is C24H35N3O3S. The Kier molecular flexibility index (Phi) is 6.44. The highest BCUT2D eigenvalue weighted by Crippen LogP contribution is 2.38. The van der Waals surface area contributed by atoms with Gasteiger partial charge in [-0.25, -0.2) is 8.42 Å². The van der Waals surface area contributed by atoms with Gasteiger partial charge in [-0.1, -0.05) is 26.0 Å². The van der Waals surface area contributed by atoms with E-state index in [2.05, 4.69) is 53.2 Å². The van der Waals surface area contributed by atoms with Gasteiger partial charge in [0.2, 0.25) is 0 Å². The van der Waals surface area contributed by atoms with E-state index in [0.717, 1.165) is 37.9 Å². The van der Waals surface area contributed by atoms with Crippen molar-refractivity contribution in [3.05, 3.63) is 41.2 Å². The van der Waals surface area contributed by atoms with Crippen LogP contribution in [-0.4, -0.2) is 47.6 Å². The largest absolute Gasteiger partial charge is 0.490 e. The molecule has 170 valence electrons. The zero-order valence-corrected chi connectivity index (χ0v) is 19.9. The number of benzene rings is 1. The Morgan fingerprint density at radius 1 is 1.13 bits per heavy atom. The molecule has 2 aromatic rings. The molecule has 3 heterocycles. The van der Waals surface area contributed by atoms with Gasteiger partial charge in [0.1, 0.15) is 22.6 Å². The molecular weight excluding hydrogens is 410 g/mol. The normalized spacial score (nSPS) is 24.1. The van der Waals surface area contributed by atoms with Gasteiger partial charge < -0.3 is 4.74 Å². The third kappa shape index (κ3) is 4.98. The van der Waals surface area contributed by atoms with E-state index < -0.39 is 9.84 Å². The quantitative estimate of drug-likeness (QED) is 0.651. The van der Waals surface area contributed by atoms with E-state index >= 15 is 0 Å². The van der Waals surface area contributed by atoms with Crippen LogP contribution in [0, 0.1) is 19.8 Å². The molecule has 2 aliphatic rings. The van der Waals surface area contributed by atoms with Crippen LogP contribution in [0.5, 0.6) is 5.75 Å². The number of piperidine rings is 1. The van der Waals surface area contributed by atoms with Crippen LogP contribution in [0.15, 0.2) is 29.2 Å². The summed E-state index contributed by atoms with van der Waals surface area (Å²) >= 11 is 0. The second-order valence-corrected chi connectivity index (χ2v) is 11.6. The van der Waals surface area contributed by atoms with Crippen molar-refractivity contribution in [3.8, 4) is 5.75 Å². The fourth-order valence-electron chi connectivity index (χ4n) is 5.17. The number of ether oxygens (including phenoxy) is 1. The van der Waals surface area contributed by atoms with Crippen molar-refractivity contribution in [1.29, 1.82) is 0 Å². The van der Waals surface area contributed by atoms with Gasteiger partial charge in [-0.15, -0.1) is 0 Å². The predicted molar refractivity (Wildman–Crippen MR) is 122 cm³/mol. The maximum atomic E-state index is 13.1. The Morgan fingerprint density at radius 3 is 2.32 bits per heavy atom. The van der Waals surface area contributed by atoms with E-state index in [4.69, 9.17) is 4.74 Å². The van der Waals surface area contributed by atoms with Crippen molar-refractivity contribution < 1.29 is 13.2 Å². The molecule has 7 heteroatoms. The van der Waals surface area contributed by atoms with Crippen LogP contribution in [0.25, 0.3) is 0 Å². The highest BCUT2D eigenvalue weighted by Gasteiger charge is 2.43. The first kappa shape index (κ1) is 22.3. The molecule has 0 aliphatic carbocycles. The Labute approximate surface area is 186 Å². The number of fused-ring (bicyclic) bond motifs is 2. The summed E-state index contributed by atoms with van der Waals surface area (Å²) in [6.45, 7) is 8.02. The molecule has 6 nitrogen and oxygen atoms in total. The summed E-state index contributed by atoms with van der Waals surface area (Å²) in [6, 6.07) is 9.03. The van der Waals surface area contributed by atoms with Crippen LogP contribution < -0.4 is 4.74 Å². The summed E-state index contributed by atoms with van der Waals surface area (Å²) in [6.07, 6.45) is 6.28. The van der Waals surface area contributed by atoms with E-state index in [1.165, 1.54) is 12.0 Å². The fourth-order valence-corrected chi connectivity index (χ4v) is 7.12. The van der Waals surface area contributed by atoms with Crippen molar-refractivity contribution >= 4 is 9.84 Å². The molecule has 1 aromatic heterocycles. The van der Waals surface area contributed by atoms with Crippen molar-refractivity contribution in [2.75, 3.05) is 5.88 Å². The van der Waals surface area contributed by atoms with Gasteiger partial charge in [-0.3, -0.25) is 10.00 Å². The molecule has 1 N–H and O–H groups in total. The molecule has 0 saturated carbocycles. The zero-order valence-electron chi connectivity index (χ0n) is 19.1. The fraction of sp³-hybridized carbons (Fsp3) is 0.625. The van der Waals surface area contributed by atoms with Gasteiger partial charge >= 0.3 is 0 Å². The lowest BCUT2D eigenvalue weighted by Gasteiger charge is -2.38. The Bertz CT molecular complexity index is 964. The standard InChI is InChI=1S/C24H35N3O3S/c1-16(2)5-6-19-7-11-22(12-8-19)30-23-13-20-9-10-21(14-23)27(20)15-31(28,29)24-17(3)25-26-18(24)4/h7-8,11-12,16,20-21,23H,5-6,9-10,13-15H2,1-4H3,(H,25,26)/t20-,21+,23-. The summed E-state index contributed by atoms with van der Waals surface area (Å²) in [5.74, 6) is 1.70. The first-order valence-corrected chi connectivity index (χ1v) is 13.1. The zero-order chi connectivity index (χ0) is 22.2. The minimum Gasteiger partial charge on any atom is -0.490 e. The van der Waals surface area contributed by atoms with E-state index in [0.29, 0.717) is 22.2 Å². The number of nitrogens with zero attached hydrogens (tertiary/aromatic N) is 2. The lowest BCUT2D eigenvalue weighted by Crippen LogP contribution is -2.48. The summed E-state index contributed by atoms with van der Waals surface area (Å²) in [5.41, 5.74) is 2.53. The number of aromatic amines is 1. The van der Waals surface area contributed by atoms with Crippen molar-refractivity contribution in [2.24, 2.45) is 5.92 Å². The first-order chi connectivity index (χ1) is 14.7. The second kappa shape index (κ2) is 8.94. The molecule has 2 bridgehead atoms. The number of aryl methyl sites for hydroxylation is 3. The molecule has 2 fully saturated rings. The van der Waals surface area contributed by atoms with Gasteiger partial charge in [-0.05, 0) is 76.0 Å². The maximum Gasteiger partial charge on any atom is 0.195 e. The van der Waals surface area contributed by atoms with Crippen LogP contribution >= 0.6 is 0 Å². The molecule has 3 atom stereocenters. The Balaban J connectivity index is 1.37. The average Bonchev–Trinajstić information content (AvgIpc) is 3.15. The second-order valence-electron chi connectivity index (χ2n) is 9.69. The topological polar surface area (TPSA) is 75.3 Å². The summed E-state index contributed by atoms with van der Waals surface area (Å²) in [5, 5.41) is 6.87. The SMILES string of the molecule is Cc1n[nH]c(C)c1S(=O)(=O)CN1[C@@H]2CC[C@H]1C[C@H](Oc1ccc(CCC(C)C)cc1)C2. The van der Waals surface area contributed by atoms with E-state index in [-0.39, 0.29) is 24.1 Å². The van der Waals surface area contributed by atoms with Gasteiger partial charge in [0, 0.05) is 12.1 Å². The lowest BCUT2D eigenvalue weighted by atomic mass is 10.0. The first-order valence-electron chi connectivity index (χ1n) is 11.5. The van der Waals surface area contributed by atoms with E-state index in [1.54, 1.807) is 13.8 Å². The van der Waals surface area contributed by atoms with Gasteiger partial charge in [0.25, 0.3) is 0 Å². The van der Waals surface area contributed by atoms with Crippen LogP contribution in [-0.2, 0) is 16.3 Å². The molecule has 0 amide bonds. The van der Waals surface area contributed by atoms with Gasteiger partial charge in [-0.2, -0.15) is 5.10 Å². The van der Waals surface area contributed by atoms with Crippen molar-refractivity contribution in [1.82, 2.24) is 15.1 Å². The monoisotopic (exact) mass is 445 g/mol. The molecule has 2 aliphatic heterocycles. The number of H-pyrrole nitrogens is 1. The number of sulfone groups is 1. The van der Waals surface area contributed by atoms with Crippen molar-refractivity contribution in [3.63, 3.8) is 0 Å². The summed E-state index contributed by atoms with van der Waals surface area (Å²) in [4.78, 5) is 2.55. The summed E-state index contributed by atoms with van der Waals surface area (Å²) in [7, 11) is -3.41. The van der Waals surface area contributed by atoms with Gasteiger partial charge in [0.15, 0.2) is 9.84 Å². The summed E-state index contributed by atoms with van der Waals surface area (Å²) < 4.78 is 32.5. The molecule has 31 heavy (non-hydrogen) atoms. The lowest BCUT2D eigenvalue weighted by molar-refractivity contribution is 0.0609. The van der Waals surface area contributed by atoms with E-state index in [1.807, 2.05) is 0 Å². The van der Waals surface area contributed by atoms with E-state index in [9.17, 15) is 8.42 Å². The third-order valence-corrected chi connectivity index (χ3v) is 8.63. The molecule has 1 aromatic carbocycles. The minimum atomic E-state index is -3.41. The van der Waals surface area contributed by atoms with Gasteiger partial charge in [0.05, 0.1) is 11.4 Å². The predicted octanol–water partition coefficient (Wildman–Crippen LogP) is 4.42. The number of aromatic nitrogens is 2. The average molecular weight is 446 g/mol. The Hall–Kier alpha value is -1.86. The number of rotatable bonds is 8. The number of nitrogens with one attached hydrogen (secondary N) is 1. The number of hydrogen-bond donors (Lipinski definition) is 1. The van der Waals surface area contributed by atoms with Crippen LogP contribution in [0.4, 0.5) is 0 Å². The van der Waals surface area contributed by atoms with Crippen molar-refractivity contribution in [2.45, 2.75) is 89.3 Å². The van der Waals surface area contributed by atoms with Crippen LogP contribution in [0.3, 0.4) is 0 Å². The smallest absolute Gasteiger partial charge is 0.195 e. The molecule has 0 spiro atoms. The molecule has 0 unspecified atom stereocenters. The highest BCUT2D eigenvalue weighted by molar-refractivity contribution is 7.91. The highest BCUT2D eigenvalue weighted by atomic mass is 32.2. The molecule has 2 saturated heterocycles. The third-order valence-electron chi connectivity index (χ3n) is 6.77. The minimum absolute atomic E-state index is 0.0703. The number of hydrogen-bond acceptors (Lipinski definition) is 5. The Morgan fingerprint density at radius 2 is 1.77 bits per heavy atom. The molecule has 4 rings (SSSR count).